The summed E-state index contributed by atoms with van der Waals surface area (Å²) in [5.74, 6) is 0.977. The van der Waals surface area contributed by atoms with Crippen molar-refractivity contribution in [3.05, 3.63) is 34.6 Å². The predicted molar refractivity (Wildman–Crippen MR) is 74.3 cm³/mol. The molecule has 1 saturated carbocycles. The molecule has 1 aliphatic rings. The molecule has 0 radical (unpaired) electrons. The van der Waals surface area contributed by atoms with Crippen LogP contribution in [0.25, 0.3) is 0 Å². The van der Waals surface area contributed by atoms with Crippen molar-refractivity contribution in [1.29, 1.82) is 0 Å². The number of rotatable bonds is 3. The average Bonchev–Trinajstić information content (AvgIpc) is 2.35. The fraction of sp³-hybridized carbons (Fsp3) is 0.600. The molecule has 0 aliphatic heterocycles. The van der Waals surface area contributed by atoms with E-state index in [2.05, 4.69) is 12.2 Å². The fourth-order valence-corrected chi connectivity index (χ4v) is 3.37. The Balaban J connectivity index is 2.24. The molecule has 100 valence electrons. The summed E-state index contributed by atoms with van der Waals surface area (Å²) in [6.07, 6.45) is 4.87. The molecule has 0 amide bonds. The first-order valence-corrected chi connectivity index (χ1v) is 7.12. The molecule has 3 atom stereocenters. The van der Waals surface area contributed by atoms with Gasteiger partial charge in [-0.25, -0.2) is 4.39 Å². The number of nitrogens with one attached hydrogen (secondary N) is 1. The van der Waals surface area contributed by atoms with Gasteiger partial charge in [0.2, 0.25) is 0 Å². The summed E-state index contributed by atoms with van der Waals surface area (Å²) in [6, 6.07) is 5.36. The van der Waals surface area contributed by atoms with E-state index >= 15 is 0 Å². The standard InChI is InChI=1S/C15H21ClFN/c1-10-5-3-6-11(9-10)15(18-2)12-7-4-8-13(16)14(12)17/h4,7-8,10-11,15,18H,3,5-6,9H2,1-2H3. The molecule has 1 nitrogen and oxygen atoms in total. The molecule has 0 heterocycles. The zero-order valence-electron chi connectivity index (χ0n) is 11.0. The van der Waals surface area contributed by atoms with E-state index in [1.165, 1.54) is 19.3 Å². The van der Waals surface area contributed by atoms with Gasteiger partial charge in [-0.2, -0.15) is 0 Å². The average molecular weight is 270 g/mol. The molecule has 3 unspecified atom stereocenters. The highest BCUT2D eigenvalue weighted by atomic mass is 35.5. The molecular weight excluding hydrogens is 249 g/mol. The second-order valence-electron chi connectivity index (χ2n) is 5.44. The van der Waals surface area contributed by atoms with Crippen LogP contribution < -0.4 is 5.32 Å². The van der Waals surface area contributed by atoms with Gasteiger partial charge in [0.25, 0.3) is 0 Å². The maximum Gasteiger partial charge on any atom is 0.146 e. The Labute approximate surface area is 114 Å². The molecule has 18 heavy (non-hydrogen) atoms. The number of hydrogen-bond acceptors (Lipinski definition) is 1. The Kier molecular flexibility index (Phi) is 4.63. The van der Waals surface area contributed by atoms with E-state index in [1.54, 1.807) is 6.07 Å². The minimum absolute atomic E-state index is 0.0754. The van der Waals surface area contributed by atoms with Gasteiger partial charge in [0, 0.05) is 11.6 Å². The lowest BCUT2D eigenvalue weighted by Gasteiger charge is -2.33. The van der Waals surface area contributed by atoms with Crippen LogP contribution in [-0.4, -0.2) is 7.05 Å². The van der Waals surface area contributed by atoms with E-state index in [0.29, 0.717) is 11.5 Å². The van der Waals surface area contributed by atoms with Crippen LogP contribution in [0.4, 0.5) is 4.39 Å². The largest absolute Gasteiger partial charge is 0.313 e. The molecule has 0 bridgehead atoms. The van der Waals surface area contributed by atoms with Crippen molar-refractivity contribution in [1.82, 2.24) is 5.32 Å². The molecule has 0 spiro atoms. The van der Waals surface area contributed by atoms with Crippen molar-refractivity contribution in [3.8, 4) is 0 Å². The van der Waals surface area contributed by atoms with Crippen molar-refractivity contribution in [3.63, 3.8) is 0 Å². The maximum absolute atomic E-state index is 14.1. The first-order chi connectivity index (χ1) is 8.63. The fourth-order valence-electron chi connectivity index (χ4n) is 3.19. The number of benzene rings is 1. The minimum atomic E-state index is -0.267. The second-order valence-corrected chi connectivity index (χ2v) is 5.85. The summed E-state index contributed by atoms with van der Waals surface area (Å²) >= 11 is 5.88. The topological polar surface area (TPSA) is 12.0 Å². The van der Waals surface area contributed by atoms with Crippen LogP contribution in [0.5, 0.6) is 0 Å². The molecule has 1 aromatic rings. The third kappa shape index (κ3) is 2.86. The van der Waals surface area contributed by atoms with Crippen molar-refractivity contribution in [2.75, 3.05) is 7.05 Å². The van der Waals surface area contributed by atoms with Crippen molar-refractivity contribution in [2.45, 2.75) is 38.6 Å². The number of hydrogen-bond donors (Lipinski definition) is 1. The van der Waals surface area contributed by atoms with E-state index in [4.69, 9.17) is 11.6 Å². The summed E-state index contributed by atoms with van der Waals surface area (Å²) in [5.41, 5.74) is 0.712. The highest BCUT2D eigenvalue weighted by Crippen LogP contribution is 2.38. The highest BCUT2D eigenvalue weighted by molar-refractivity contribution is 6.30. The van der Waals surface area contributed by atoms with Crippen LogP contribution in [0.15, 0.2) is 18.2 Å². The van der Waals surface area contributed by atoms with Crippen molar-refractivity contribution < 1.29 is 4.39 Å². The zero-order chi connectivity index (χ0) is 13.1. The van der Waals surface area contributed by atoms with Gasteiger partial charge in [0.05, 0.1) is 5.02 Å². The Bertz CT molecular complexity index is 407. The number of halogens is 2. The normalized spacial score (nSPS) is 26.0. The van der Waals surface area contributed by atoms with Gasteiger partial charge in [-0.05, 0) is 37.8 Å². The molecule has 1 aromatic carbocycles. The summed E-state index contributed by atoms with van der Waals surface area (Å²) < 4.78 is 14.1. The molecule has 1 fully saturated rings. The second kappa shape index (κ2) is 6.03. The SMILES string of the molecule is CNC(c1cccc(Cl)c1F)C1CCCC(C)C1. The third-order valence-electron chi connectivity index (χ3n) is 4.08. The van der Waals surface area contributed by atoms with Crippen LogP contribution >= 0.6 is 11.6 Å². The summed E-state index contributed by atoms with van der Waals surface area (Å²) in [5, 5.41) is 3.50. The quantitative estimate of drug-likeness (QED) is 0.848. The van der Waals surface area contributed by atoms with Crippen LogP contribution in [0.2, 0.25) is 5.02 Å². The van der Waals surface area contributed by atoms with Crippen LogP contribution in [0.1, 0.15) is 44.2 Å². The smallest absolute Gasteiger partial charge is 0.146 e. The van der Waals surface area contributed by atoms with E-state index in [9.17, 15) is 4.39 Å². The molecule has 1 aliphatic carbocycles. The van der Waals surface area contributed by atoms with Gasteiger partial charge < -0.3 is 5.32 Å². The van der Waals surface area contributed by atoms with E-state index in [0.717, 1.165) is 12.3 Å². The molecular formula is C15H21ClFN. The van der Waals surface area contributed by atoms with Gasteiger partial charge in [-0.1, -0.05) is 43.5 Å². The Morgan fingerprint density at radius 3 is 2.83 bits per heavy atom. The van der Waals surface area contributed by atoms with E-state index in [-0.39, 0.29) is 16.9 Å². The molecule has 2 rings (SSSR count). The lowest BCUT2D eigenvalue weighted by Crippen LogP contribution is -2.29. The Morgan fingerprint density at radius 1 is 1.39 bits per heavy atom. The van der Waals surface area contributed by atoms with Crippen LogP contribution in [0.3, 0.4) is 0 Å². The summed E-state index contributed by atoms with van der Waals surface area (Å²) in [7, 11) is 1.91. The maximum atomic E-state index is 14.1. The van der Waals surface area contributed by atoms with Crippen LogP contribution in [0, 0.1) is 17.7 Å². The lowest BCUT2D eigenvalue weighted by molar-refractivity contribution is 0.227. The van der Waals surface area contributed by atoms with Crippen molar-refractivity contribution >= 4 is 11.6 Å². The van der Waals surface area contributed by atoms with E-state index < -0.39 is 0 Å². The lowest BCUT2D eigenvalue weighted by atomic mass is 9.76. The summed E-state index contributed by atoms with van der Waals surface area (Å²) in [4.78, 5) is 0. The van der Waals surface area contributed by atoms with Gasteiger partial charge >= 0.3 is 0 Å². The zero-order valence-corrected chi connectivity index (χ0v) is 11.8. The third-order valence-corrected chi connectivity index (χ3v) is 4.37. The Morgan fingerprint density at radius 2 is 2.17 bits per heavy atom. The van der Waals surface area contributed by atoms with Gasteiger partial charge in [-0.15, -0.1) is 0 Å². The van der Waals surface area contributed by atoms with Crippen molar-refractivity contribution in [2.24, 2.45) is 11.8 Å². The molecule has 3 heteroatoms. The minimum Gasteiger partial charge on any atom is -0.313 e. The Hall–Kier alpha value is -0.600. The first kappa shape index (κ1) is 13.8. The van der Waals surface area contributed by atoms with Gasteiger partial charge in [0.1, 0.15) is 5.82 Å². The van der Waals surface area contributed by atoms with Gasteiger partial charge in [0.15, 0.2) is 0 Å². The highest BCUT2D eigenvalue weighted by Gasteiger charge is 2.28. The summed E-state index contributed by atoms with van der Waals surface area (Å²) in [6.45, 7) is 2.28. The monoisotopic (exact) mass is 269 g/mol. The molecule has 0 aromatic heterocycles. The molecule has 1 N–H and O–H groups in total. The predicted octanol–water partition coefficient (Wildman–Crippen LogP) is 4.57. The van der Waals surface area contributed by atoms with Gasteiger partial charge in [-0.3, -0.25) is 0 Å². The van der Waals surface area contributed by atoms with E-state index in [1.807, 2.05) is 19.2 Å². The first-order valence-electron chi connectivity index (χ1n) is 6.74. The van der Waals surface area contributed by atoms with Crippen LogP contribution in [-0.2, 0) is 0 Å². The molecule has 0 saturated heterocycles.